The lowest BCUT2D eigenvalue weighted by Gasteiger charge is -2.01. The van der Waals surface area contributed by atoms with Crippen molar-refractivity contribution in [3.8, 4) is 0 Å². The van der Waals surface area contributed by atoms with Crippen molar-refractivity contribution in [2.75, 3.05) is 5.73 Å². The number of H-pyrrole nitrogens is 1. The van der Waals surface area contributed by atoms with Crippen LogP contribution in [0.25, 0.3) is 0 Å². The molecule has 1 fully saturated rings. The molecule has 0 aliphatic heterocycles. The molecule has 68 valence electrons. The third kappa shape index (κ3) is 1.35. The van der Waals surface area contributed by atoms with E-state index in [1.807, 2.05) is 0 Å². The number of aromatic nitrogens is 1. The summed E-state index contributed by atoms with van der Waals surface area (Å²) in [7, 11) is 0. The minimum atomic E-state index is -0.289. The van der Waals surface area contributed by atoms with Gasteiger partial charge >= 0.3 is 0 Å². The van der Waals surface area contributed by atoms with Crippen molar-refractivity contribution in [3.05, 3.63) is 28.2 Å². The van der Waals surface area contributed by atoms with E-state index in [0.717, 1.165) is 12.8 Å². The molecule has 0 unspecified atom stereocenters. The fraction of sp³-hybridized carbons (Fsp3) is 0.333. The number of rotatable bonds is 2. The number of aromatic amines is 1. The summed E-state index contributed by atoms with van der Waals surface area (Å²) in [5.74, 6) is 0.0514. The first-order valence-corrected chi connectivity index (χ1v) is 4.21. The molecule has 0 radical (unpaired) electrons. The molecule has 1 aliphatic rings. The maximum absolute atomic E-state index is 11.5. The van der Waals surface area contributed by atoms with Gasteiger partial charge in [0.2, 0.25) is 5.43 Å². The van der Waals surface area contributed by atoms with Crippen molar-refractivity contribution in [1.82, 2.24) is 4.98 Å². The first-order chi connectivity index (χ1) is 6.20. The lowest BCUT2D eigenvalue weighted by atomic mass is 10.1. The van der Waals surface area contributed by atoms with Crippen LogP contribution in [0.1, 0.15) is 23.3 Å². The molecular weight excluding hydrogens is 168 g/mol. The van der Waals surface area contributed by atoms with Crippen molar-refractivity contribution < 1.29 is 4.79 Å². The number of Topliss-reactive ketones (excluding diaryl/α,β-unsaturated/α-hetero) is 1. The molecule has 0 atom stereocenters. The Morgan fingerprint density at radius 1 is 1.54 bits per heavy atom. The quantitative estimate of drug-likeness (QED) is 0.649. The van der Waals surface area contributed by atoms with Gasteiger partial charge in [0, 0.05) is 18.2 Å². The van der Waals surface area contributed by atoms with Gasteiger partial charge in [-0.3, -0.25) is 9.59 Å². The Morgan fingerprint density at radius 3 is 2.85 bits per heavy atom. The molecule has 0 aromatic carbocycles. The van der Waals surface area contributed by atoms with Gasteiger partial charge in [-0.15, -0.1) is 0 Å². The Hall–Kier alpha value is -1.58. The number of hydrogen-bond donors (Lipinski definition) is 2. The zero-order valence-electron chi connectivity index (χ0n) is 7.04. The third-order valence-electron chi connectivity index (χ3n) is 2.19. The Bertz CT molecular complexity index is 404. The van der Waals surface area contributed by atoms with Crippen molar-refractivity contribution in [2.45, 2.75) is 12.8 Å². The molecule has 1 aromatic rings. The van der Waals surface area contributed by atoms with Gasteiger partial charge in [-0.05, 0) is 12.8 Å². The van der Waals surface area contributed by atoms with Crippen LogP contribution in [-0.2, 0) is 0 Å². The van der Waals surface area contributed by atoms with Gasteiger partial charge in [0.15, 0.2) is 5.78 Å². The monoisotopic (exact) mass is 178 g/mol. The van der Waals surface area contributed by atoms with E-state index in [0.29, 0.717) is 0 Å². The van der Waals surface area contributed by atoms with Gasteiger partial charge in [-0.1, -0.05) is 0 Å². The van der Waals surface area contributed by atoms with Gasteiger partial charge in [0.05, 0.1) is 0 Å². The fourth-order valence-corrected chi connectivity index (χ4v) is 1.24. The predicted molar refractivity (Wildman–Crippen MR) is 48.5 cm³/mol. The number of carbonyl (C=O) groups excluding carboxylic acids is 1. The molecule has 4 nitrogen and oxygen atoms in total. The molecule has 0 bridgehead atoms. The highest BCUT2D eigenvalue weighted by atomic mass is 16.1. The summed E-state index contributed by atoms with van der Waals surface area (Å²) < 4.78 is 0. The Labute approximate surface area is 74.8 Å². The van der Waals surface area contributed by atoms with Crippen LogP contribution in [0.4, 0.5) is 5.69 Å². The highest BCUT2D eigenvalue weighted by Gasteiger charge is 2.32. The minimum absolute atomic E-state index is 0.0322. The van der Waals surface area contributed by atoms with E-state index >= 15 is 0 Å². The standard InChI is InChI=1S/C9H10N2O2/c10-7-6(12)3-4-11-8(7)9(13)5-1-2-5/h3-5H,1-2,10H2,(H,11,12). The van der Waals surface area contributed by atoms with Crippen molar-refractivity contribution in [3.63, 3.8) is 0 Å². The Balaban J connectivity index is 2.44. The van der Waals surface area contributed by atoms with Gasteiger partial charge in [-0.2, -0.15) is 0 Å². The molecule has 4 heteroatoms. The van der Waals surface area contributed by atoms with E-state index in [-0.39, 0.29) is 28.5 Å². The van der Waals surface area contributed by atoms with E-state index in [2.05, 4.69) is 4.98 Å². The number of nitrogens with one attached hydrogen (secondary N) is 1. The van der Waals surface area contributed by atoms with E-state index in [9.17, 15) is 9.59 Å². The highest BCUT2D eigenvalue weighted by Crippen LogP contribution is 2.32. The van der Waals surface area contributed by atoms with Crippen LogP contribution < -0.4 is 11.2 Å². The van der Waals surface area contributed by atoms with Gasteiger partial charge in [0.1, 0.15) is 11.4 Å². The second kappa shape index (κ2) is 2.73. The smallest absolute Gasteiger partial charge is 0.205 e. The summed E-state index contributed by atoms with van der Waals surface area (Å²) in [5, 5.41) is 0. The zero-order valence-corrected chi connectivity index (χ0v) is 7.04. The van der Waals surface area contributed by atoms with Crippen LogP contribution in [0.5, 0.6) is 0 Å². The summed E-state index contributed by atoms with van der Waals surface area (Å²) in [5.41, 5.74) is 5.51. The number of hydrogen-bond acceptors (Lipinski definition) is 3. The van der Waals surface area contributed by atoms with E-state index < -0.39 is 0 Å². The SMILES string of the molecule is Nc1c(C(=O)C2CC2)[nH]ccc1=O. The lowest BCUT2D eigenvalue weighted by molar-refractivity contribution is 0.0963. The molecule has 1 aliphatic carbocycles. The summed E-state index contributed by atoms with van der Waals surface area (Å²) in [6, 6.07) is 1.32. The number of carbonyl (C=O) groups is 1. The maximum Gasteiger partial charge on any atom is 0.205 e. The van der Waals surface area contributed by atoms with Crippen molar-refractivity contribution >= 4 is 11.5 Å². The summed E-state index contributed by atoms with van der Waals surface area (Å²) >= 11 is 0. The van der Waals surface area contributed by atoms with Crippen LogP contribution in [0.2, 0.25) is 0 Å². The summed E-state index contributed by atoms with van der Waals surface area (Å²) in [4.78, 5) is 25.3. The molecule has 1 heterocycles. The zero-order chi connectivity index (χ0) is 9.42. The number of anilines is 1. The van der Waals surface area contributed by atoms with Crippen molar-refractivity contribution in [1.29, 1.82) is 0 Å². The number of ketones is 1. The van der Waals surface area contributed by atoms with Gasteiger partial charge in [0.25, 0.3) is 0 Å². The average Bonchev–Trinajstić information content (AvgIpc) is 2.91. The van der Waals surface area contributed by atoms with E-state index in [1.54, 1.807) is 0 Å². The molecule has 13 heavy (non-hydrogen) atoms. The third-order valence-corrected chi connectivity index (χ3v) is 2.19. The molecule has 3 N–H and O–H groups in total. The van der Waals surface area contributed by atoms with E-state index in [4.69, 9.17) is 5.73 Å². The van der Waals surface area contributed by atoms with Crippen LogP contribution in [0.15, 0.2) is 17.1 Å². The fourth-order valence-electron chi connectivity index (χ4n) is 1.24. The Morgan fingerprint density at radius 2 is 2.23 bits per heavy atom. The van der Waals surface area contributed by atoms with E-state index in [1.165, 1.54) is 12.3 Å². The number of nitrogens with two attached hydrogens (primary N) is 1. The molecule has 2 rings (SSSR count). The molecule has 1 saturated carbocycles. The maximum atomic E-state index is 11.5. The largest absolute Gasteiger partial charge is 0.394 e. The molecule has 0 spiro atoms. The van der Waals surface area contributed by atoms with Crippen LogP contribution >= 0.6 is 0 Å². The van der Waals surface area contributed by atoms with Gasteiger partial charge < -0.3 is 10.7 Å². The number of nitrogen functional groups attached to an aromatic ring is 1. The molecule has 0 saturated heterocycles. The number of pyridine rings is 1. The van der Waals surface area contributed by atoms with Crippen LogP contribution in [0, 0.1) is 5.92 Å². The summed E-state index contributed by atoms with van der Waals surface area (Å²) in [6.45, 7) is 0. The predicted octanol–water partition coefficient (Wildman–Crippen LogP) is 0.550. The van der Waals surface area contributed by atoms with Crippen LogP contribution in [-0.4, -0.2) is 10.8 Å². The lowest BCUT2D eigenvalue weighted by Crippen LogP contribution is -2.16. The van der Waals surface area contributed by atoms with Crippen LogP contribution in [0.3, 0.4) is 0 Å². The molecular formula is C9H10N2O2. The normalized spacial score (nSPS) is 15.7. The first kappa shape index (κ1) is 8.04. The topological polar surface area (TPSA) is 76.0 Å². The molecule has 1 aromatic heterocycles. The highest BCUT2D eigenvalue weighted by molar-refractivity contribution is 6.01. The second-order valence-electron chi connectivity index (χ2n) is 3.27. The first-order valence-electron chi connectivity index (χ1n) is 4.21. The molecule has 0 amide bonds. The average molecular weight is 178 g/mol. The Kier molecular flexibility index (Phi) is 1.69. The summed E-state index contributed by atoms with van der Waals surface area (Å²) in [6.07, 6.45) is 3.28. The van der Waals surface area contributed by atoms with Gasteiger partial charge in [-0.25, -0.2) is 0 Å². The van der Waals surface area contributed by atoms with Crippen molar-refractivity contribution in [2.24, 2.45) is 5.92 Å². The minimum Gasteiger partial charge on any atom is -0.394 e. The second-order valence-corrected chi connectivity index (χ2v) is 3.27.